The van der Waals surface area contributed by atoms with Crippen molar-refractivity contribution in [2.24, 2.45) is 5.41 Å². The van der Waals surface area contributed by atoms with Gasteiger partial charge in [0.05, 0.1) is 12.6 Å². The van der Waals surface area contributed by atoms with Gasteiger partial charge in [-0.2, -0.15) is 0 Å². The van der Waals surface area contributed by atoms with Gasteiger partial charge in [0.25, 0.3) is 0 Å². The molecule has 25 heavy (non-hydrogen) atoms. The summed E-state index contributed by atoms with van der Waals surface area (Å²) in [7, 11) is 2.14. The van der Waals surface area contributed by atoms with Crippen LogP contribution in [0.1, 0.15) is 43.2 Å². The maximum atomic E-state index is 12.9. The summed E-state index contributed by atoms with van der Waals surface area (Å²) in [6, 6.07) is 0.0995. The number of hydrogen-bond donors (Lipinski definition) is 0. The van der Waals surface area contributed by atoms with Crippen LogP contribution in [0, 0.1) is 5.41 Å². The van der Waals surface area contributed by atoms with Crippen molar-refractivity contribution in [3.8, 4) is 0 Å². The zero-order valence-corrected chi connectivity index (χ0v) is 15.6. The summed E-state index contributed by atoms with van der Waals surface area (Å²) in [4.78, 5) is 35.9. The summed E-state index contributed by atoms with van der Waals surface area (Å²) < 4.78 is 0. The minimum atomic E-state index is 0.0797. The lowest BCUT2D eigenvalue weighted by Gasteiger charge is -2.37. The van der Waals surface area contributed by atoms with Crippen LogP contribution in [0.3, 0.4) is 0 Å². The summed E-state index contributed by atoms with van der Waals surface area (Å²) in [6.07, 6.45) is 6.53. The van der Waals surface area contributed by atoms with Crippen molar-refractivity contribution in [3.63, 3.8) is 0 Å². The van der Waals surface area contributed by atoms with E-state index in [2.05, 4.69) is 16.9 Å². The van der Waals surface area contributed by atoms with Gasteiger partial charge in [-0.25, -0.2) is 4.98 Å². The molecule has 1 atom stereocenters. The highest BCUT2D eigenvalue weighted by molar-refractivity contribution is 7.09. The first-order valence-corrected chi connectivity index (χ1v) is 10.1. The number of amides is 2. The first kappa shape index (κ1) is 17.0. The van der Waals surface area contributed by atoms with E-state index < -0.39 is 0 Å². The molecule has 3 aliphatic rings. The molecular weight excluding hydrogens is 336 g/mol. The minimum Gasteiger partial charge on any atom is -0.333 e. The molecule has 4 heterocycles. The van der Waals surface area contributed by atoms with Crippen LogP contribution in [0.25, 0.3) is 0 Å². The lowest BCUT2D eigenvalue weighted by Crippen LogP contribution is -2.43. The maximum absolute atomic E-state index is 12.9. The monoisotopic (exact) mass is 362 g/mol. The van der Waals surface area contributed by atoms with Gasteiger partial charge in [-0.3, -0.25) is 9.59 Å². The molecule has 0 N–H and O–H groups in total. The van der Waals surface area contributed by atoms with E-state index >= 15 is 0 Å². The van der Waals surface area contributed by atoms with Crippen molar-refractivity contribution in [2.45, 2.75) is 38.1 Å². The third-order valence-electron chi connectivity index (χ3n) is 6.09. The van der Waals surface area contributed by atoms with Crippen molar-refractivity contribution in [1.82, 2.24) is 19.7 Å². The summed E-state index contributed by atoms with van der Waals surface area (Å²) in [6.45, 7) is 3.86. The zero-order chi connectivity index (χ0) is 17.4. The van der Waals surface area contributed by atoms with Crippen molar-refractivity contribution in [1.29, 1.82) is 0 Å². The molecule has 136 valence electrons. The summed E-state index contributed by atoms with van der Waals surface area (Å²) in [5.74, 6) is 0.235. The quantitative estimate of drug-likeness (QED) is 0.822. The van der Waals surface area contributed by atoms with E-state index in [4.69, 9.17) is 0 Å². The first-order chi connectivity index (χ1) is 12.1. The van der Waals surface area contributed by atoms with Gasteiger partial charge in [0.15, 0.2) is 0 Å². The van der Waals surface area contributed by atoms with Gasteiger partial charge < -0.3 is 14.7 Å². The predicted octanol–water partition coefficient (Wildman–Crippen LogP) is 1.75. The molecule has 6 nitrogen and oxygen atoms in total. The van der Waals surface area contributed by atoms with E-state index in [0.29, 0.717) is 6.42 Å². The Bertz CT molecular complexity index is 640. The van der Waals surface area contributed by atoms with E-state index in [0.717, 1.165) is 56.9 Å². The lowest BCUT2D eigenvalue weighted by atomic mass is 9.78. The van der Waals surface area contributed by atoms with Crippen molar-refractivity contribution in [2.75, 3.05) is 39.8 Å². The number of likely N-dealkylation sites (tertiary alicyclic amines) is 3. The smallest absolute Gasteiger partial charge is 0.242 e. The number of hydrogen-bond acceptors (Lipinski definition) is 5. The van der Waals surface area contributed by atoms with Crippen molar-refractivity contribution < 1.29 is 9.59 Å². The second-order valence-corrected chi connectivity index (χ2v) is 8.77. The van der Waals surface area contributed by atoms with E-state index in [9.17, 15) is 9.59 Å². The molecule has 1 aromatic rings. The van der Waals surface area contributed by atoms with Gasteiger partial charge in [0.1, 0.15) is 5.01 Å². The van der Waals surface area contributed by atoms with Crippen LogP contribution in [0.4, 0.5) is 0 Å². The fraction of sp³-hybridized carbons (Fsp3) is 0.722. The Balaban J connectivity index is 1.40. The van der Waals surface area contributed by atoms with Crippen LogP contribution in [-0.2, 0) is 9.59 Å². The molecular formula is C18H26N4O2S. The van der Waals surface area contributed by atoms with Crippen LogP contribution in [-0.4, -0.2) is 71.3 Å². The molecule has 0 aromatic carbocycles. The normalized spacial score (nSPS) is 26.8. The van der Waals surface area contributed by atoms with Gasteiger partial charge in [0.2, 0.25) is 11.8 Å². The number of carbonyl (C=O) groups excluding carboxylic acids is 2. The fourth-order valence-corrected chi connectivity index (χ4v) is 5.31. The number of piperidine rings is 1. The molecule has 1 spiro atoms. The van der Waals surface area contributed by atoms with E-state index in [-0.39, 0.29) is 29.8 Å². The Morgan fingerprint density at radius 1 is 1.36 bits per heavy atom. The fourth-order valence-electron chi connectivity index (χ4n) is 4.53. The largest absolute Gasteiger partial charge is 0.333 e. The molecule has 3 fully saturated rings. The van der Waals surface area contributed by atoms with Crippen LogP contribution in [0.15, 0.2) is 11.6 Å². The molecule has 3 saturated heterocycles. The van der Waals surface area contributed by atoms with Gasteiger partial charge in [-0.1, -0.05) is 0 Å². The summed E-state index contributed by atoms with van der Waals surface area (Å²) in [5.41, 5.74) is 0.101. The minimum absolute atomic E-state index is 0.0797. The standard InChI is InChI=1S/C18H26N4O2S/c1-20-8-4-18(5-9-20)11-15(23)21(13-18)12-16(24)22-7-2-3-14(22)17-19-6-10-25-17/h6,10,14H,2-5,7-9,11-13H2,1H3/t14-/m0/s1. The highest BCUT2D eigenvalue weighted by Crippen LogP contribution is 2.41. The number of thiazole rings is 1. The van der Waals surface area contributed by atoms with Crippen LogP contribution < -0.4 is 0 Å². The number of rotatable bonds is 3. The third-order valence-corrected chi connectivity index (χ3v) is 6.97. The van der Waals surface area contributed by atoms with Crippen LogP contribution in [0.2, 0.25) is 0 Å². The first-order valence-electron chi connectivity index (χ1n) is 9.22. The van der Waals surface area contributed by atoms with Gasteiger partial charge in [0, 0.05) is 31.1 Å². The Morgan fingerprint density at radius 2 is 2.16 bits per heavy atom. The molecule has 4 rings (SSSR count). The van der Waals surface area contributed by atoms with Gasteiger partial charge in [-0.15, -0.1) is 11.3 Å². The molecule has 3 aliphatic heterocycles. The Hall–Kier alpha value is -1.47. The molecule has 0 aliphatic carbocycles. The second kappa shape index (κ2) is 6.68. The Morgan fingerprint density at radius 3 is 2.88 bits per heavy atom. The Labute approximate surface area is 152 Å². The highest BCUT2D eigenvalue weighted by atomic mass is 32.1. The van der Waals surface area contributed by atoms with Crippen molar-refractivity contribution in [3.05, 3.63) is 16.6 Å². The summed E-state index contributed by atoms with van der Waals surface area (Å²) >= 11 is 1.61. The Kier molecular flexibility index (Phi) is 4.54. The van der Waals surface area contributed by atoms with Gasteiger partial charge in [-0.05, 0) is 51.2 Å². The molecule has 0 unspecified atom stereocenters. The van der Waals surface area contributed by atoms with Crippen molar-refractivity contribution >= 4 is 23.2 Å². The molecule has 1 aromatic heterocycles. The van der Waals surface area contributed by atoms with E-state index in [1.165, 1.54) is 0 Å². The van der Waals surface area contributed by atoms with Gasteiger partial charge >= 0.3 is 0 Å². The molecule has 0 saturated carbocycles. The number of carbonyl (C=O) groups is 2. The molecule has 7 heteroatoms. The van der Waals surface area contributed by atoms with E-state index in [1.54, 1.807) is 17.5 Å². The molecule has 0 bridgehead atoms. The second-order valence-electron chi connectivity index (χ2n) is 7.85. The summed E-state index contributed by atoms with van der Waals surface area (Å²) in [5, 5.41) is 2.98. The third kappa shape index (κ3) is 3.31. The topological polar surface area (TPSA) is 56.8 Å². The lowest BCUT2D eigenvalue weighted by molar-refractivity contribution is -0.139. The highest BCUT2D eigenvalue weighted by Gasteiger charge is 2.45. The SMILES string of the molecule is CN1CCC2(CC1)CC(=O)N(CC(=O)N1CCC[C@H]1c1nccs1)C2. The predicted molar refractivity (Wildman–Crippen MR) is 96.2 cm³/mol. The average Bonchev–Trinajstić information content (AvgIpc) is 3.31. The van der Waals surface area contributed by atoms with Crippen LogP contribution in [0.5, 0.6) is 0 Å². The molecule has 0 radical (unpaired) electrons. The average molecular weight is 362 g/mol. The molecule has 2 amide bonds. The number of aromatic nitrogens is 1. The van der Waals surface area contributed by atoms with Crippen LogP contribution >= 0.6 is 11.3 Å². The number of nitrogens with zero attached hydrogens (tertiary/aromatic N) is 4. The zero-order valence-electron chi connectivity index (χ0n) is 14.8. The van der Waals surface area contributed by atoms with E-state index in [1.807, 2.05) is 15.2 Å². The maximum Gasteiger partial charge on any atom is 0.242 e.